The van der Waals surface area contributed by atoms with Crippen LogP contribution in [0, 0.1) is 5.92 Å². The van der Waals surface area contributed by atoms with Gasteiger partial charge in [-0.1, -0.05) is 13.3 Å². The van der Waals surface area contributed by atoms with Gasteiger partial charge in [-0.25, -0.2) is 4.98 Å². The first kappa shape index (κ1) is 15.1. The summed E-state index contributed by atoms with van der Waals surface area (Å²) in [5, 5.41) is 3.65. The Kier molecular flexibility index (Phi) is 5.69. The van der Waals surface area contributed by atoms with Crippen LogP contribution in [-0.4, -0.2) is 24.1 Å². The third-order valence-corrected chi connectivity index (χ3v) is 4.63. The van der Waals surface area contributed by atoms with Gasteiger partial charge < -0.3 is 10.2 Å². The first-order chi connectivity index (χ1) is 9.76. The lowest BCUT2D eigenvalue weighted by Gasteiger charge is -2.29. The molecule has 20 heavy (non-hydrogen) atoms. The molecule has 3 heteroatoms. The minimum absolute atomic E-state index is 0.638. The lowest BCUT2D eigenvalue weighted by atomic mass is 9.84. The SMILES string of the molecule is CCC1CCC(Nc2ccc(N(CC)CC)nc2)CC1. The first-order valence-corrected chi connectivity index (χ1v) is 8.24. The Bertz CT molecular complexity index is 376. The molecule has 3 nitrogen and oxygen atoms in total. The monoisotopic (exact) mass is 275 g/mol. The zero-order chi connectivity index (χ0) is 14.4. The summed E-state index contributed by atoms with van der Waals surface area (Å²) in [6.45, 7) is 8.68. The van der Waals surface area contributed by atoms with Crippen LogP contribution >= 0.6 is 0 Å². The maximum absolute atomic E-state index is 4.58. The standard InChI is InChI=1S/C17H29N3/c1-4-14-7-9-15(10-8-14)19-16-11-12-17(18-13-16)20(5-2)6-3/h11-15,19H,4-10H2,1-3H3. The molecule has 1 aromatic heterocycles. The van der Waals surface area contributed by atoms with Crippen molar-refractivity contribution in [3.05, 3.63) is 18.3 Å². The van der Waals surface area contributed by atoms with E-state index >= 15 is 0 Å². The van der Waals surface area contributed by atoms with Gasteiger partial charge in [0.25, 0.3) is 0 Å². The molecule has 0 radical (unpaired) electrons. The van der Waals surface area contributed by atoms with E-state index in [9.17, 15) is 0 Å². The summed E-state index contributed by atoms with van der Waals surface area (Å²) >= 11 is 0. The van der Waals surface area contributed by atoms with Crippen LogP contribution in [0.2, 0.25) is 0 Å². The number of hydrogen-bond acceptors (Lipinski definition) is 3. The van der Waals surface area contributed by atoms with E-state index in [-0.39, 0.29) is 0 Å². The van der Waals surface area contributed by atoms with Gasteiger partial charge in [0.2, 0.25) is 0 Å². The number of rotatable bonds is 6. The quantitative estimate of drug-likeness (QED) is 0.838. The molecule has 1 N–H and O–H groups in total. The first-order valence-electron chi connectivity index (χ1n) is 8.24. The highest BCUT2D eigenvalue weighted by molar-refractivity contribution is 5.49. The van der Waals surface area contributed by atoms with Gasteiger partial charge in [-0.15, -0.1) is 0 Å². The highest BCUT2D eigenvalue weighted by atomic mass is 15.2. The van der Waals surface area contributed by atoms with Crippen molar-refractivity contribution in [2.45, 2.75) is 58.9 Å². The smallest absolute Gasteiger partial charge is 0.128 e. The number of pyridine rings is 1. The molecule has 2 rings (SSSR count). The molecule has 0 atom stereocenters. The molecule has 0 amide bonds. The van der Waals surface area contributed by atoms with Gasteiger partial charge in [-0.2, -0.15) is 0 Å². The number of aromatic nitrogens is 1. The molecule has 1 heterocycles. The van der Waals surface area contributed by atoms with Crippen molar-refractivity contribution >= 4 is 11.5 Å². The fraction of sp³-hybridized carbons (Fsp3) is 0.706. The molecule has 1 aliphatic rings. The molecule has 0 saturated heterocycles. The van der Waals surface area contributed by atoms with Crippen molar-refractivity contribution in [2.75, 3.05) is 23.3 Å². The van der Waals surface area contributed by atoms with E-state index in [1.807, 2.05) is 6.20 Å². The summed E-state index contributed by atoms with van der Waals surface area (Å²) < 4.78 is 0. The van der Waals surface area contributed by atoms with Crippen molar-refractivity contribution < 1.29 is 0 Å². The van der Waals surface area contributed by atoms with Crippen LogP contribution < -0.4 is 10.2 Å². The van der Waals surface area contributed by atoms with E-state index < -0.39 is 0 Å². The minimum atomic E-state index is 0.638. The van der Waals surface area contributed by atoms with Crippen LogP contribution in [0.4, 0.5) is 11.5 Å². The van der Waals surface area contributed by atoms with Crippen LogP contribution in [-0.2, 0) is 0 Å². The summed E-state index contributed by atoms with van der Waals surface area (Å²) in [6.07, 6.45) is 8.68. The Hall–Kier alpha value is -1.25. The number of nitrogens with one attached hydrogen (secondary N) is 1. The van der Waals surface area contributed by atoms with Gasteiger partial charge in [0.15, 0.2) is 0 Å². The van der Waals surface area contributed by atoms with Crippen LogP contribution in [0.15, 0.2) is 18.3 Å². The lowest BCUT2D eigenvalue weighted by molar-refractivity contribution is 0.330. The molecule has 1 aromatic rings. The van der Waals surface area contributed by atoms with Gasteiger partial charge in [0.1, 0.15) is 5.82 Å². The topological polar surface area (TPSA) is 28.2 Å². The molecule has 1 aliphatic carbocycles. The van der Waals surface area contributed by atoms with Crippen LogP contribution in [0.25, 0.3) is 0 Å². The summed E-state index contributed by atoms with van der Waals surface area (Å²) in [5.74, 6) is 2.03. The summed E-state index contributed by atoms with van der Waals surface area (Å²) in [6, 6.07) is 4.94. The van der Waals surface area contributed by atoms with Gasteiger partial charge in [-0.3, -0.25) is 0 Å². The van der Waals surface area contributed by atoms with Gasteiger partial charge >= 0.3 is 0 Å². The number of anilines is 2. The van der Waals surface area contributed by atoms with Gasteiger partial charge in [0, 0.05) is 19.1 Å². The summed E-state index contributed by atoms with van der Waals surface area (Å²) in [7, 11) is 0. The highest BCUT2D eigenvalue weighted by Gasteiger charge is 2.19. The molecule has 1 saturated carbocycles. The average molecular weight is 275 g/mol. The number of hydrogen-bond donors (Lipinski definition) is 1. The molecule has 1 fully saturated rings. The fourth-order valence-corrected chi connectivity index (χ4v) is 3.16. The third-order valence-electron chi connectivity index (χ3n) is 4.63. The molecule has 0 aliphatic heterocycles. The second-order valence-corrected chi connectivity index (χ2v) is 5.85. The molecular weight excluding hydrogens is 246 g/mol. The zero-order valence-corrected chi connectivity index (χ0v) is 13.2. The van der Waals surface area contributed by atoms with Gasteiger partial charge in [-0.05, 0) is 57.6 Å². The molecule has 0 spiro atoms. The fourth-order valence-electron chi connectivity index (χ4n) is 3.16. The molecular formula is C17H29N3. The molecule has 0 aromatic carbocycles. The lowest BCUT2D eigenvalue weighted by Crippen LogP contribution is -2.26. The summed E-state index contributed by atoms with van der Waals surface area (Å²) in [4.78, 5) is 6.85. The zero-order valence-electron chi connectivity index (χ0n) is 13.2. The Morgan fingerprint density at radius 2 is 1.80 bits per heavy atom. The Morgan fingerprint density at radius 1 is 1.10 bits per heavy atom. The van der Waals surface area contributed by atoms with E-state index in [0.717, 1.165) is 24.8 Å². The predicted octanol–water partition coefficient (Wildman–Crippen LogP) is 4.31. The Labute approximate surface area is 123 Å². The van der Waals surface area contributed by atoms with Crippen LogP contribution in [0.1, 0.15) is 52.9 Å². The maximum atomic E-state index is 4.58. The minimum Gasteiger partial charge on any atom is -0.381 e. The number of nitrogens with zero attached hydrogens (tertiary/aromatic N) is 2. The molecule has 0 bridgehead atoms. The van der Waals surface area contributed by atoms with Crippen molar-refractivity contribution in [2.24, 2.45) is 5.92 Å². The van der Waals surface area contributed by atoms with E-state index in [4.69, 9.17) is 0 Å². The predicted molar refractivity (Wildman–Crippen MR) is 87.5 cm³/mol. The van der Waals surface area contributed by atoms with Crippen LogP contribution in [0.3, 0.4) is 0 Å². The van der Waals surface area contributed by atoms with Crippen molar-refractivity contribution in [3.63, 3.8) is 0 Å². The largest absolute Gasteiger partial charge is 0.381 e. The van der Waals surface area contributed by atoms with Crippen molar-refractivity contribution in [1.82, 2.24) is 4.98 Å². The molecule has 112 valence electrons. The third kappa shape index (κ3) is 3.87. The average Bonchev–Trinajstić information content (AvgIpc) is 2.51. The molecule has 0 unspecified atom stereocenters. The van der Waals surface area contributed by atoms with E-state index in [0.29, 0.717) is 6.04 Å². The Balaban J connectivity index is 1.88. The maximum Gasteiger partial charge on any atom is 0.128 e. The van der Waals surface area contributed by atoms with Crippen molar-refractivity contribution in [1.29, 1.82) is 0 Å². The highest BCUT2D eigenvalue weighted by Crippen LogP contribution is 2.28. The van der Waals surface area contributed by atoms with E-state index in [1.165, 1.54) is 37.8 Å². The van der Waals surface area contributed by atoms with Crippen LogP contribution in [0.5, 0.6) is 0 Å². The van der Waals surface area contributed by atoms with Gasteiger partial charge in [0.05, 0.1) is 11.9 Å². The van der Waals surface area contributed by atoms with E-state index in [2.05, 4.69) is 48.1 Å². The van der Waals surface area contributed by atoms with Crippen molar-refractivity contribution in [3.8, 4) is 0 Å². The van der Waals surface area contributed by atoms with E-state index in [1.54, 1.807) is 0 Å². The second-order valence-electron chi connectivity index (χ2n) is 5.85. The normalized spacial score (nSPS) is 22.6. The summed E-state index contributed by atoms with van der Waals surface area (Å²) in [5.41, 5.74) is 1.17. The second kappa shape index (κ2) is 7.51. The Morgan fingerprint density at radius 3 is 2.30 bits per heavy atom.